The normalized spacial score (nSPS) is 29.3. The summed E-state index contributed by atoms with van der Waals surface area (Å²) in [6.07, 6.45) is 6.53. The van der Waals surface area contributed by atoms with E-state index < -0.39 is 0 Å². The first kappa shape index (κ1) is 15.0. The van der Waals surface area contributed by atoms with Crippen molar-refractivity contribution in [2.75, 3.05) is 6.54 Å². The summed E-state index contributed by atoms with van der Waals surface area (Å²) < 4.78 is 0. The van der Waals surface area contributed by atoms with Crippen molar-refractivity contribution in [1.29, 1.82) is 0 Å². The molecule has 1 aromatic rings. The molecule has 0 spiro atoms. The first-order chi connectivity index (χ1) is 10.1. The molecule has 0 saturated heterocycles. The molecule has 21 heavy (non-hydrogen) atoms. The maximum Gasteiger partial charge on any atom is 0.230 e. The van der Waals surface area contributed by atoms with E-state index in [9.17, 15) is 4.79 Å². The standard InChI is InChI=1S/C17H26N2OS/c1-13-4-7-17(12-18,8-5-13)16(20)19(15-2-3-15)10-14-6-9-21-11-14/h6,9,11,13,15H,2-5,7-8,10,12,18H2,1H3. The number of hydrogen-bond acceptors (Lipinski definition) is 3. The molecule has 3 nitrogen and oxygen atoms in total. The molecule has 0 aromatic carbocycles. The molecule has 0 radical (unpaired) electrons. The number of hydrogen-bond donors (Lipinski definition) is 1. The number of thiophene rings is 1. The molecule has 0 unspecified atom stereocenters. The molecule has 2 aliphatic carbocycles. The smallest absolute Gasteiger partial charge is 0.230 e. The van der Waals surface area contributed by atoms with E-state index in [4.69, 9.17) is 5.73 Å². The van der Waals surface area contributed by atoms with Gasteiger partial charge in [-0.1, -0.05) is 6.92 Å². The van der Waals surface area contributed by atoms with Crippen LogP contribution in [0.3, 0.4) is 0 Å². The molecule has 1 amide bonds. The number of carbonyl (C=O) groups excluding carboxylic acids is 1. The van der Waals surface area contributed by atoms with E-state index in [0.29, 0.717) is 18.5 Å². The second-order valence-corrected chi connectivity index (χ2v) is 7.74. The Balaban J connectivity index is 1.76. The molecule has 2 N–H and O–H groups in total. The molecular formula is C17H26N2OS. The lowest BCUT2D eigenvalue weighted by Crippen LogP contribution is -2.50. The van der Waals surface area contributed by atoms with Gasteiger partial charge in [0.2, 0.25) is 5.91 Å². The van der Waals surface area contributed by atoms with Crippen LogP contribution in [0, 0.1) is 11.3 Å². The van der Waals surface area contributed by atoms with Gasteiger partial charge in [0.25, 0.3) is 0 Å². The predicted octanol–water partition coefficient (Wildman–Crippen LogP) is 3.39. The molecule has 1 heterocycles. The highest BCUT2D eigenvalue weighted by Gasteiger charge is 2.45. The fourth-order valence-corrected chi connectivity index (χ4v) is 4.12. The van der Waals surface area contributed by atoms with E-state index in [2.05, 4.69) is 28.7 Å². The second kappa shape index (κ2) is 6.09. The zero-order valence-corrected chi connectivity index (χ0v) is 13.7. The zero-order valence-electron chi connectivity index (χ0n) is 12.9. The van der Waals surface area contributed by atoms with Gasteiger partial charge in [-0.3, -0.25) is 4.79 Å². The Bertz CT molecular complexity index is 473. The van der Waals surface area contributed by atoms with Gasteiger partial charge in [0, 0.05) is 19.1 Å². The largest absolute Gasteiger partial charge is 0.335 e. The lowest BCUT2D eigenvalue weighted by atomic mass is 9.70. The fourth-order valence-electron chi connectivity index (χ4n) is 3.46. The zero-order chi connectivity index (χ0) is 14.9. The van der Waals surface area contributed by atoms with Gasteiger partial charge in [0.15, 0.2) is 0 Å². The third-order valence-corrected chi connectivity index (χ3v) is 5.99. The molecule has 116 valence electrons. The van der Waals surface area contributed by atoms with Crippen molar-refractivity contribution in [3.05, 3.63) is 22.4 Å². The third kappa shape index (κ3) is 3.16. The van der Waals surface area contributed by atoms with Crippen molar-refractivity contribution in [3.63, 3.8) is 0 Å². The Kier molecular flexibility index (Phi) is 4.36. The molecule has 2 saturated carbocycles. The number of nitrogens with two attached hydrogens (primary N) is 1. The Morgan fingerprint density at radius 2 is 2.10 bits per heavy atom. The van der Waals surface area contributed by atoms with Crippen LogP contribution >= 0.6 is 11.3 Å². The third-order valence-electron chi connectivity index (χ3n) is 5.26. The predicted molar refractivity (Wildman–Crippen MR) is 87.0 cm³/mol. The van der Waals surface area contributed by atoms with Gasteiger partial charge in [-0.05, 0) is 66.8 Å². The summed E-state index contributed by atoms with van der Waals surface area (Å²) >= 11 is 1.70. The molecule has 4 heteroatoms. The summed E-state index contributed by atoms with van der Waals surface area (Å²) in [4.78, 5) is 15.3. The van der Waals surface area contributed by atoms with Gasteiger partial charge in [0.1, 0.15) is 0 Å². The monoisotopic (exact) mass is 306 g/mol. The Morgan fingerprint density at radius 3 is 2.62 bits per heavy atom. The molecule has 0 aliphatic heterocycles. The summed E-state index contributed by atoms with van der Waals surface area (Å²) in [5.41, 5.74) is 7.05. The van der Waals surface area contributed by atoms with Gasteiger partial charge < -0.3 is 10.6 Å². The number of nitrogens with zero attached hydrogens (tertiary/aromatic N) is 1. The highest BCUT2D eigenvalue weighted by atomic mass is 32.1. The highest BCUT2D eigenvalue weighted by molar-refractivity contribution is 7.07. The molecule has 2 aliphatic rings. The van der Waals surface area contributed by atoms with E-state index in [-0.39, 0.29) is 5.41 Å². The summed E-state index contributed by atoms with van der Waals surface area (Å²) in [7, 11) is 0. The maximum absolute atomic E-state index is 13.2. The van der Waals surface area contributed by atoms with Crippen molar-refractivity contribution in [1.82, 2.24) is 4.90 Å². The van der Waals surface area contributed by atoms with Crippen LogP contribution in [0.2, 0.25) is 0 Å². The van der Waals surface area contributed by atoms with Crippen LogP contribution in [0.4, 0.5) is 0 Å². The summed E-state index contributed by atoms with van der Waals surface area (Å²) in [6, 6.07) is 2.59. The number of amides is 1. The molecule has 1 aromatic heterocycles. The highest BCUT2D eigenvalue weighted by Crippen LogP contribution is 2.42. The van der Waals surface area contributed by atoms with Crippen LogP contribution in [0.25, 0.3) is 0 Å². The minimum absolute atomic E-state index is 0.287. The quantitative estimate of drug-likeness (QED) is 0.906. The van der Waals surface area contributed by atoms with E-state index in [1.165, 1.54) is 5.56 Å². The van der Waals surface area contributed by atoms with Crippen molar-refractivity contribution in [3.8, 4) is 0 Å². The SMILES string of the molecule is CC1CCC(CN)(C(=O)N(Cc2ccsc2)C2CC2)CC1. The maximum atomic E-state index is 13.2. The van der Waals surface area contributed by atoms with E-state index in [1.807, 2.05) is 0 Å². The summed E-state index contributed by atoms with van der Waals surface area (Å²) in [5, 5.41) is 4.24. The van der Waals surface area contributed by atoms with Gasteiger partial charge in [-0.15, -0.1) is 0 Å². The van der Waals surface area contributed by atoms with Gasteiger partial charge >= 0.3 is 0 Å². The van der Waals surface area contributed by atoms with Gasteiger partial charge in [-0.25, -0.2) is 0 Å². The lowest BCUT2D eigenvalue weighted by molar-refractivity contribution is -0.145. The summed E-state index contributed by atoms with van der Waals surface area (Å²) in [6.45, 7) is 3.56. The second-order valence-electron chi connectivity index (χ2n) is 6.96. The van der Waals surface area contributed by atoms with E-state index in [0.717, 1.165) is 51.0 Å². The Morgan fingerprint density at radius 1 is 1.38 bits per heavy atom. The van der Waals surface area contributed by atoms with E-state index >= 15 is 0 Å². The lowest BCUT2D eigenvalue weighted by Gasteiger charge is -2.41. The van der Waals surface area contributed by atoms with Crippen LogP contribution in [0.15, 0.2) is 16.8 Å². The number of carbonyl (C=O) groups is 1. The van der Waals surface area contributed by atoms with Crippen LogP contribution in [-0.2, 0) is 11.3 Å². The van der Waals surface area contributed by atoms with Crippen LogP contribution < -0.4 is 5.73 Å². The first-order valence-electron chi connectivity index (χ1n) is 8.17. The molecule has 3 rings (SSSR count). The summed E-state index contributed by atoms with van der Waals surface area (Å²) in [5.74, 6) is 1.06. The molecular weight excluding hydrogens is 280 g/mol. The molecule has 0 atom stereocenters. The van der Waals surface area contributed by atoms with Gasteiger partial charge in [0.05, 0.1) is 5.41 Å². The first-order valence-corrected chi connectivity index (χ1v) is 9.11. The van der Waals surface area contributed by atoms with Crippen LogP contribution in [0.1, 0.15) is 51.0 Å². The molecule has 2 fully saturated rings. The van der Waals surface area contributed by atoms with Crippen LogP contribution in [0.5, 0.6) is 0 Å². The average molecular weight is 306 g/mol. The topological polar surface area (TPSA) is 46.3 Å². The van der Waals surface area contributed by atoms with Gasteiger partial charge in [-0.2, -0.15) is 11.3 Å². The average Bonchev–Trinajstić information content (AvgIpc) is 3.22. The fraction of sp³-hybridized carbons (Fsp3) is 0.706. The van der Waals surface area contributed by atoms with Crippen molar-refractivity contribution in [2.24, 2.45) is 17.1 Å². The Hall–Kier alpha value is -0.870. The van der Waals surface area contributed by atoms with Crippen molar-refractivity contribution < 1.29 is 4.79 Å². The van der Waals surface area contributed by atoms with Crippen molar-refractivity contribution in [2.45, 2.75) is 58.0 Å². The minimum atomic E-state index is -0.287. The minimum Gasteiger partial charge on any atom is -0.335 e. The van der Waals surface area contributed by atoms with Crippen molar-refractivity contribution >= 4 is 17.2 Å². The molecule has 0 bridgehead atoms. The van der Waals surface area contributed by atoms with Crippen LogP contribution in [-0.4, -0.2) is 23.4 Å². The van der Waals surface area contributed by atoms with E-state index in [1.54, 1.807) is 11.3 Å². The Labute approximate surface area is 131 Å². The number of rotatable bonds is 5.